The summed E-state index contributed by atoms with van der Waals surface area (Å²) in [6, 6.07) is 3.67. The second kappa shape index (κ2) is 4.04. The molecule has 0 N–H and O–H groups in total. The molecule has 5 heteroatoms. The number of hydrogen-bond donors (Lipinski definition) is 0. The van der Waals surface area contributed by atoms with Crippen LogP contribution in [0.3, 0.4) is 0 Å². The van der Waals surface area contributed by atoms with Crippen molar-refractivity contribution < 1.29 is 8.78 Å². The number of anilines is 1. The van der Waals surface area contributed by atoms with Gasteiger partial charge in [-0.2, -0.15) is 0 Å². The lowest BCUT2D eigenvalue weighted by Gasteiger charge is -2.32. The standard InChI is InChI=1S/C10H11BrF2N2/c11-8-1-4-14-9(7-8)15-5-2-10(12,13)3-6-15/h1,4,7H,2-3,5-6H2. The second-order valence-corrected chi connectivity index (χ2v) is 4.59. The summed E-state index contributed by atoms with van der Waals surface area (Å²) in [5.41, 5.74) is 0. The zero-order valence-electron chi connectivity index (χ0n) is 8.09. The summed E-state index contributed by atoms with van der Waals surface area (Å²) in [7, 11) is 0. The Kier molecular flexibility index (Phi) is 2.91. The predicted octanol–water partition coefficient (Wildman–Crippen LogP) is 3.08. The third-order valence-corrected chi connectivity index (χ3v) is 3.02. The van der Waals surface area contributed by atoms with Gasteiger partial charge in [-0.15, -0.1) is 0 Å². The first kappa shape index (κ1) is 10.8. The summed E-state index contributed by atoms with van der Waals surface area (Å²) in [5, 5.41) is 0. The van der Waals surface area contributed by atoms with Crippen molar-refractivity contribution in [1.82, 2.24) is 4.98 Å². The van der Waals surface area contributed by atoms with Gasteiger partial charge >= 0.3 is 0 Å². The van der Waals surface area contributed by atoms with E-state index in [2.05, 4.69) is 20.9 Å². The van der Waals surface area contributed by atoms with Crippen LogP contribution in [0.1, 0.15) is 12.8 Å². The highest BCUT2D eigenvalue weighted by Gasteiger charge is 2.34. The summed E-state index contributed by atoms with van der Waals surface area (Å²) in [6.45, 7) is 0.743. The smallest absolute Gasteiger partial charge is 0.251 e. The number of aromatic nitrogens is 1. The summed E-state index contributed by atoms with van der Waals surface area (Å²) >= 11 is 3.34. The minimum absolute atomic E-state index is 0.0821. The van der Waals surface area contributed by atoms with Crippen LogP contribution in [0.2, 0.25) is 0 Å². The molecule has 0 radical (unpaired) electrons. The van der Waals surface area contributed by atoms with E-state index in [-0.39, 0.29) is 12.8 Å². The van der Waals surface area contributed by atoms with Crippen LogP contribution in [0.25, 0.3) is 0 Å². The fraction of sp³-hybridized carbons (Fsp3) is 0.500. The van der Waals surface area contributed by atoms with Crippen LogP contribution in [0.4, 0.5) is 14.6 Å². The number of pyridine rings is 1. The Hall–Kier alpha value is -0.710. The topological polar surface area (TPSA) is 16.1 Å². The van der Waals surface area contributed by atoms with E-state index in [1.807, 2.05) is 17.0 Å². The van der Waals surface area contributed by atoms with Crippen LogP contribution in [0, 0.1) is 0 Å². The van der Waals surface area contributed by atoms with Crippen LogP contribution >= 0.6 is 15.9 Å². The summed E-state index contributed by atoms with van der Waals surface area (Å²) in [5.74, 6) is -1.73. The van der Waals surface area contributed by atoms with Gasteiger partial charge in [0.05, 0.1) is 0 Å². The monoisotopic (exact) mass is 276 g/mol. The molecule has 2 heterocycles. The van der Waals surface area contributed by atoms with Gasteiger partial charge < -0.3 is 4.90 Å². The largest absolute Gasteiger partial charge is 0.356 e. The van der Waals surface area contributed by atoms with E-state index < -0.39 is 5.92 Å². The minimum Gasteiger partial charge on any atom is -0.356 e. The predicted molar refractivity (Wildman–Crippen MR) is 58.3 cm³/mol. The Balaban J connectivity index is 2.08. The van der Waals surface area contributed by atoms with Gasteiger partial charge in [0.15, 0.2) is 0 Å². The summed E-state index contributed by atoms with van der Waals surface area (Å²) < 4.78 is 26.8. The Labute approximate surface area is 95.4 Å². The molecule has 2 nitrogen and oxygen atoms in total. The highest BCUT2D eigenvalue weighted by Crippen LogP contribution is 2.30. The molecular weight excluding hydrogens is 266 g/mol. The molecule has 2 rings (SSSR count). The van der Waals surface area contributed by atoms with E-state index in [0.717, 1.165) is 10.3 Å². The van der Waals surface area contributed by atoms with Gasteiger partial charge in [-0.05, 0) is 12.1 Å². The molecule has 0 unspecified atom stereocenters. The van der Waals surface area contributed by atoms with Crippen molar-refractivity contribution in [2.45, 2.75) is 18.8 Å². The van der Waals surface area contributed by atoms with Crippen molar-refractivity contribution in [1.29, 1.82) is 0 Å². The lowest BCUT2D eigenvalue weighted by molar-refractivity contribution is -0.0221. The normalized spacial score (nSPS) is 20.3. The lowest BCUT2D eigenvalue weighted by atomic mass is 10.1. The summed E-state index contributed by atoms with van der Waals surface area (Å²) in [4.78, 5) is 6.05. The molecular formula is C10H11BrF2N2. The van der Waals surface area contributed by atoms with Crippen LogP contribution in [0.15, 0.2) is 22.8 Å². The van der Waals surface area contributed by atoms with E-state index in [0.29, 0.717) is 13.1 Å². The van der Waals surface area contributed by atoms with Crippen LogP contribution in [0.5, 0.6) is 0 Å². The average Bonchev–Trinajstić information content (AvgIpc) is 2.17. The molecule has 82 valence electrons. The molecule has 0 amide bonds. The van der Waals surface area contributed by atoms with Crippen LogP contribution < -0.4 is 4.90 Å². The third-order valence-electron chi connectivity index (χ3n) is 2.53. The number of alkyl halides is 2. The Morgan fingerprint density at radius 3 is 2.60 bits per heavy atom. The van der Waals surface area contributed by atoms with Crippen molar-refractivity contribution in [2.24, 2.45) is 0 Å². The SMILES string of the molecule is FC1(F)CCN(c2cc(Br)ccn2)CC1. The van der Waals surface area contributed by atoms with Gasteiger partial charge in [0.25, 0.3) is 5.92 Å². The number of halogens is 3. The maximum absolute atomic E-state index is 12.9. The molecule has 15 heavy (non-hydrogen) atoms. The lowest BCUT2D eigenvalue weighted by Crippen LogP contribution is -2.39. The minimum atomic E-state index is -2.50. The van der Waals surface area contributed by atoms with Crippen molar-refractivity contribution in [3.63, 3.8) is 0 Å². The number of hydrogen-bond acceptors (Lipinski definition) is 2. The Morgan fingerprint density at radius 2 is 2.00 bits per heavy atom. The molecule has 1 fully saturated rings. The fourth-order valence-electron chi connectivity index (χ4n) is 1.63. The van der Waals surface area contributed by atoms with Crippen molar-refractivity contribution in [3.8, 4) is 0 Å². The van der Waals surface area contributed by atoms with E-state index in [4.69, 9.17) is 0 Å². The number of nitrogens with zero attached hydrogens (tertiary/aromatic N) is 2. The van der Waals surface area contributed by atoms with E-state index >= 15 is 0 Å². The van der Waals surface area contributed by atoms with Gasteiger partial charge in [0.2, 0.25) is 0 Å². The first-order valence-electron chi connectivity index (χ1n) is 4.81. The summed E-state index contributed by atoms with van der Waals surface area (Å²) in [6.07, 6.45) is 1.51. The van der Waals surface area contributed by atoms with E-state index in [1.54, 1.807) is 6.20 Å². The molecule has 0 aromatic carbocycles. The maximum atomic E-state index is 12.9. The van der Waals surface area contributed by atoms with Gasteiger partial charge in [0, 0.05) is 36.6 Å². The fourth-order valence-corrected chi connectivity index (χ4v) is 1.95. The number of rotatable bonds is 1. The molecule has 1 aromatic heterocycles. The maximum Gasteiger partial charge on any atom is 0.251 e. The van der Waals surface area contributed by atoms with Crippen molar-refractivity contribution in [3.05, 3.63) is 22.8 Å². The first-order valence-corrected chi connectivity index (χ1v) is 5.60. The van der Waals surface area contributed by atoms with Crippen molar-refractivity contribution in [2.75, 3.05) is 18.0 Å². The molecule has 1 saturated heterocycles. The zero-order chi connectivity index (χ0) is 10.9. The molecule has 1 aliphatic rings. The molecule has 0 aliphatic carbocycles. The highest BCUT2D eigenvalue weighted by atomic mass is 79.9. The van der Waals surface area contributed by atoms with E-state index in [1.165, 1.54) is 0 Å². The molecule has 0 atom stereocenters. The first-order chi connectivity index (χ1) is 7.07. The molecule has 0 bridgehead atoms. The van der Waals surface area contributed by atoms with Gasteiger partial charge in [-0.3, -0.25) is 0 Å². The van der Waals surface area contributed by atoms with Gasteiger partial charge in [-0.1, -0.05) is 15.9 Å². The van der Waals surface area contributed by atoms with Gasteiger partial charge in [-0.25, -0.2) is 13.8 Å². The third kappa shape index (κ3) is 2.65. The molecule has 0 spiro atoms. The average molecular weight is 277 g/mol. The van der Waals surface area contributed by atoms with Crippen molar-refractivity contribution >= 4 is 21.7 Å². The second-order valence-electron chi connectivity index (χ2n) is 3.68. The quantitative estimate of drug-likeness (QED) is 0.784. The molecule has 1 aromatic rings. The highest BCUT2D eigenvalue weighted by molar-refractivity contribution is 9.10. The Morgan fingerprint density at radius 1 is 1.33 bits per heavy atom. The zero-order valence-corrected chi connectivity index (χ0v) is 9.67. The van der Waals surface area contributed by atoms with E-state index in [9.17, 15) is 8.78 Å². The number of piperidine rings is 1. The molecule has 0 saturated carbocycles. The van der Waals surface area contributed by atoms with Crippen LogP contribution in [-0.4, -0.2) is 24.0 Å². The molecule has 1 aliphatic heterocycles. The van der Waals surface area contributed by atoms with Gasteiger partial charge in [0.1, 0.15) is 5.82 Å². The Bertz CT molecular complexity index is 347. The van der Waals surface area contributed by atoms with Crippen LogP contribution in [-0.2, 0) is 0 Å².